The van der Waals surface area contributed by atoms with E-state index in [1.54, 1.807) is 24.4 Å². The number of halogens is 4. The van der Waals surface area contributed by atoms with Gasteiger partial charge in [0.05, 0.1) is 24.7 Å². The lowest BCUT2D eigenvalue weighted by molar-refractivity contribution is -0.140. The van der Waals surface area contributed by atoms with Crippen LogP contribution in [0.25, 0.3) is 33.8 Å². The van der Waals surface area contributed by atoms with Gasteiger partial charge in [-0.15, -0.1) is 0 Å². The maximum absolute atomic E-state index is 14.7. The lowest BCUT2D eigenvalue weighted by Gasteiger charge is -2.10. The molecule has 0 bridgehead atoms. The molecule has 12 heteroatoms. The van der Waals surface area contributed by atoms with Crippen LogP contribution in [0.4, 0.5) is 33.7 Å². The van der Waals surface area contributed by atoms with Crippen molar-refractivity contribution < 1.29 is 36.3 Å². The van der Waals surface area contributed by atoms with Crippen molar-refractivity contribution in [2.24, 2.45) is 0 Å². The summed E-state index contributed by atoms with van der Waals surface area (Å²) in [5, 5.41) is 4.92. The first-order valence-corrected chi connectivity index (χ1v) is 12.1. The van der Waals surface area contributed by atoms with E-state index in [2.05, 4.69) is 25.3 Å². The summed E-state index contributed by atoms with van der Waals surface area (Å²) in [6.07, 6.45) is -2.76. The summed E-state index contributed by atoms with van der Waals surface area (Å²) in [7, 11) is 1.32. The van der Waals surface area contributed by atoms with Crippen molar-refractivity contribution in [3.8, 4) is 22.6 Å². The quantitative estimate of drug-likeness (QED) is 0.169. The summed E-state index contributed by atoms with van der Waals surface area (Å²) in [4.78, 5) is 32.4. The molecule has 41 heavy (non-hydrogen) atoms. The minimum absolute atomic E-state index is 0.0379. The highest BCUT2D eigenvalue weighted by molar-refractivity contribution is 6.00. The number of anilines is 2. The number of alkyl halides is 3. The molecular weight excluding hydrogens is 544 g/mol. The third-order valence-corrected chi connectivity index (χ3v) is 6.04. The Morgan fingerprint density at radius 1 is 0.902 bits per heavy atom. The van der Waals surface area contributed by atoms with Gasteiger partial charge in [-0.1, -0.05) is 24.3 Å². The van der Waals surface area contributed by atoms with Gasteiger partial charge in [-0.2, -0.15) is 18.2 Å². The van der Waals surface area contributed by atoms with Crippen LogP contribution >= 0.6 is 0 Å². The van der Waals surface area contributed by atoms with E-state index in [1.807, 2.05) is 12.1 Å². The topological polar surface area (TPSA) is 106 Å². The highest BCUT2D eigenvalue weighted by Crippen LogP contribution is 2.31. The maximum atomic E-state index is 14.7. The summed E-state index contributed by atoms with van der Waals surface area (Å²) in [5.41, 5.74) is 2.28. The molecule has 0 radical (unpaired) electrons. The molecule has 2 heterocycles. The van der Waals surface area contributed by atoms with E-state index < -0.39 is 23.6 Å². The average molecular weight is 564 g/mol. The van der Waals surface area contributed by atoms with Crippen molar-refractivity contribution in [3.05, 3.63) is 95.9 Å². The zero-order valence-corrected chi connectivity index (χ0v) is 21.3. The number of esters is 1. The van der Waals surface area contributed by atoms with Crippen LogP contribution < -0.4 is 10.6 Å². The van der Waals surface area contributed by atoms with Crippen LogP contribution in [0.3, 0.4) is 0 Å². The van der Waals surface area contributed by atoms with E-state index in [1.165, 1.54) is 19.2 Å². The van der Waals surface area contributed by atoms with Gasteiger partial charge in [0.25, 0.3) is 0 Å². The predicted octanol–water partition coefficient (Wildman–Crippen LogP) is 7.07. The minimum Gasteiger partial charge on any atom is -0.469 e. The molecule has 2 aromatic heterocycles. The SMILES string of the molecule is COC(=O)Cc1ccc(-c2cnc3nc(-c4cc(NC(=O)Nc5ccc(C(F)(F)F)cc5)ccc4F)oc3c2)cc1. The highest BCUT2D eigenvalue weighted by atomic mass is 19.4. The van der Waals surface area contributed by atoms with Gasteiger partial charge in [0.2, 0.25) is 5.89 Å². The van der Waals surface area contributed by atoms with Gasteiger partial charge in [0, 0.05) is 23.1 Å². The molecule has 0 aliphatic carbocycles. The van der Waals surface area contributed by atoms with E-state index in [9.17, 15) is 27.2 Å². The monoisotopic (exact) mass is 564 g/mol. The molecule has 0 unspecified atom stereocenters. The number of carbonyl (C=O) groups excluding carboxylic acids is 2. The van der Waals surface area contributed by atoms with Crippen LogP contribution in [0, 0.1) is 5.82 Å². The Hall–Kier alpha value is -5.26. The number of urea groups is 1. The number of aromatic nitrogens is 2. The summed E-state index contributed by atoms with van der Waals surface area (Å²) < 4.78 is 63.4. The molecular formula is C29H20F4N4O4. The number of hydrogen-bond donors (Lipinski definition) is 2. The second kappa shape index (κ2) is 11.1. The maximum Gasteiger partial charge on any atom is 0.416 e. The minimum atomic E-state index is -4.49. The van der Waals surface area contributed by atoms with Crippen molar-refractivity contribution in [1.82, 2.24) is 9.97 Å². The molecule has 3 aromatic carbocycles. The Balaban J connectivity index is 1.32. The van der Waals surface area contributed by atoms with Crippen LogP contribution in [0.2, 0.25) is 0 Å². The van der Waals surface area contributed by atoms with Gasteiger partial charge < -0.3 is 19.8 Å². The second-order valence-corrected chi connectivity index (χ2v) is 8.86. The Morgan fingerprint density at radius 2 is 1.59 bits per heavy atom. The smallest absolute Gasteiger partial charge is 0.416 e. The van der Waals surface area contributed by atoms with Gasteiger partial charge in [-0.05, 0) is 59.7 Å². The number of hydrogen-bond acceptors (Lipinski definition) is 6. The normalized spacial score (nSPS) is 11.3. The lowest BCUT2D eigenvalue weighted by atomic mass is 10.0. The third kappa shape index (κ3) is 6.32. The number of nitrogens with one attached hydrogen (secondary N) is 2. The van der Waals surface area contributed by atoms with Crippen LogP contribution in [0.1, 0.15) is 11.1 Å². The number of benzene rings is 3. The van der Waals surface area contributed by atoms with Crippen molar-refractivity contribution in [1.29, 1.82) is 0 Å². The number of pyridine rings is 1. The summed E-state index contributed by atoms with van der Waals surface area (Å²) in [5.74, 6) is -1.07. The largest absolute Gasteiger partial charge is 0.469 e. The van der Waals surface area contributed by atoms with E-state index in [4.69, 9.17) is 4.42 Å². The molecule has 5 aromatic rings. The van der Waals surface area contributed by atoms with Gasteiger partial charge in [0.15, 0.2) is 11.2 Å². The van der Waals surface area contributed by atoms with Crippen molar-refractivity contribution in [3.63, 3.8) is 0 Å². The Labute approximate surface area is 230 Å². The number of nitrogens with zero attached hydrogens (tertiary/aromatic N) is 2. The van der Waals surface area contributed by atoms with Gasteiger partial charge in [-0.25, -0.2) is 14.2 Å². The zero-order valence-electron chi connectivity index (χ0n) is 21.3. The van der Waals surface area contributed by atoms with E-state index >= 15 is 0 Å². The summed E-state index contributed by atoms with van der Waals surface area (Å²) in [6, 6.07) is 15.9. The number of amides is 2. The fourth-order valence-corrected chi connectivity index (χ4v) is 3.95. The molecule has 2 N–H and O–H groups in total. The molecule has 0 saturated carbocycles. The third-order valence-electron chi connectivity index (χ3n) is 6.04. The lowest BCUT2D eigenvalue weighted by Crippen LogP contribution is -2.19. The van der Waals surface area contributed by atoms with Crippen molar-refractivity contribution in [2.75, 3.05) is 17.7 Å². The fraction of sp³-hybridized carbons (Fsp3) is 0.103. The molecule has 8 nitrogen and oxygen atoms in total. The zero-order chi connectivity index (χ0) is 29.1. The van der Waals surface area contributed by atoms with Gasteiger partial charge >= 0.3 is 18.2 Å². The Morgan fingerprint density at radius 3 is 2.27 bits per heavy atom. The summed E-state index contributed by atoms with van der Waals surface area (Å²) >= 11 is 0. The Bertz CT molecular complexity index is 1730. The number of carbonyl (C=O) groups is 2. The van der Waals surface area contributed by atoms with Crippen LogP contribution in [-0.2, 0) is 22.1 Å². The first-order chi connectivity index (χ1) is 19.6. The van der Waals surface area contributed by atoms with E-state index in [0.717, 1.165) is 41.5 Å². The molecule has 208 valence electrons. The molecule has 2 amide bonds. The number of fused-ring (bicyclic) bond motifs is 1. The van der Waals surface area contributed by atoms with Crippen molar-refractivity contribution in [2.45, 2.75) is 12.6 Å². The van der Waals surface area contributed by atoms with Crippen LogP contribution in [-0.4, -0.2) is 29.1 Å². The molecule has 0 fully saturated rings. The number of oxazole rings is 1. The first-order valence-electron chi connectivity index (χ1n) is 12.1. The predicted molar refractivity (Wildman–Crippen MR) is 142 cm³/mol. The summed E-state index contributed by atoms with van der Waals surface area (Å²) in [6.45, 7) is 0. The number of methoxy groups -OCH3 is 1. The molecule has 0 atom stereocenters. The molecule has 0 spiro atoms. The standard InChI is InChI=1S/C29H20F4N4O4/c1-40-25(38)12-16-2-4-17(5-3-16)18-13-24-26(34-15-18)37-27(41-24)22-14-21(10-11-23(22)30)36-28(39)35-20-8-6-19(7-9-20)29(31,32)33/h2-11,13-15H,12H2,1H3,(H2,35,36,39). The van der Waals surface area contributed by atoms with Gasteiger partial charge in [0.1, 0.15) is 5.82 Å². The molecule has 0 aliphatic rings. The number of ether oxygens (including phenoxy) is 1. The van der Waals surface area contributed by atoms with E-state index in [-0.39, 0.29) is 40.9 Å². The second-order valence-electron chi connectivity index (χ2n) is 8.86. The molecule has 0 aliphatic heterocycles. The first kappa shape index (κ1) is 27.3. The van der Waals surface area contributed by atoms with Crippen molar-refractivity contribution >= 4 is 34.6 Å². The van der Waals surface area contributed by atoms with E-state index in [0.29, 0.717) is 11.1 Å². The van der Waals surface area contributed by atoms with Crippen LogP contribution in [0.15, 0.2) is 83.4 Å². The van der Waals surface area contributed by atoms with Crippen LogP contribution in [0.5, 0.6) is 0 Å². The highest BCUT2D eigenvalue weighted by Gasteiger charge is 2.30. The fourth-order valence-electron chi connectivity index (χ4n) is 3.95. The molecule has 5 rings (SSSR count). The van der Waals surface area contributed by atoms with Gasteiger partial charge in [-0.3, -0.25) is 4.79 Å². The Kier molecular flexibility index (Phi) is 7.38. The number of rotatable bonds is 6. The average Bonchev–Trinajstić information content (AvgIpc) is 3.37. The molecule has 0 saturated heterocycles.